The monoisotopic (exact) mass is 297 g/mol. The van der Waals surface area contributed by atoms with Gasteiger partial charge in [0.05, 0.1) is 5.56 Å². The lowest BCUT2D eigenvalue weighted by Gasteiger charge is -2.06. The summed E-state index contributed by atoms with van der Waals surface area (Å²) in [4.78, 5) is 15.9. The molecule has 0 spiro atoms. The maximum atomic E-state index is 12.0. The summed E-state index contributed by atoms with van der Waals surface area (Å²) in [6.45, 7) is 2.16. The molecule has 1 aromatic rings. The second-order valence-corrected chi connectivity index (χ2v) is 5.37. The Morgan fingerprint density at radius 3 is 3.18 bits per heavy atom. The zero-order valence-electron chi connectivity index (χ0n) is 9.74. The van der Waals surface area contributed by atoms with E-state index in [2.05, 4.69) is 33.2 Å². The molecule has 1 heterocycles. The van der Waals surface area contributed by atoms with Crippen molar-refractivity contribution in [3.8, 4) is 0 Å². The van der Waals surface area contributed by atoms with Gasteiger partial charge in [-0.2, -0.15) is 0 Å². The van der Waals surface area contributed by atoms with Gasteiger partial charge in [-0.3, -0.25) is 4.79 Å². The molecule has 1 amide bonds. The van der Waals surface area contributed by atoms with Gasteiger partial charge in [-0.15, -0.1) is 0 Å². The van der Waals surface area contributed by atoms with Crippen molar-refractivity contribution < 1.29 is 4.79 Å². The van der Waals surface area contributed by atoms with Gasteiger partial charge in [0.2, 0.25) is 0 Å². The van der Waals surface area contributed by atoms with Gasteiger partial charge in [-0.25, -0.2) is 4.98 Å². The van der Waals surface area contributed by atoms with Crippen molar-refractivity contribution in [2.45, 2.75) is 32.2 Å². The van der Waals surface area contributed by atoms with Gasteiger partial charge in [0.25, 0.3) is 5.91 Å². The number of rotatable bonds is 4. The molecule has 1 saturated carbocycles. The summed E-state index contributed by atoms with van der Waals surface area (Å²) in [5.41, 5.74) is 6.13. The third-order valence-electron chi connectivity index (χ3n) is 3.03. The third kappa shape index (κ3) is 2.97. The van der Waals surface area contributed by atoms with Crippen LogP contribution in [0.3, 0.4) is 0 Å². The van der Waals surface area contributed by atoms with Crippen LogP contribution in [-0.4, -0.2) is 16.9 Å². The average Bonchev–Trinajstić information content (AvgIpc) is 3.00. The number of nitrogens with two attached hydrogens (primary N) is 1. The number of aromatic nitrogens is 1. The smallest absolute Gasteiger partial charge is 0.255 e. The van der Waals surface area contributed by atoms with Crippen LogP contribution in [0.15, 0.2) is 16.7 Å². The summed E-state index contributed by atoms with van der Waals surface area (Å²) in [5.74, 6) is 0.795. The van der Waals surface area contributed by atoms with E-state index in [0.29, 0.717) is 17.5 Å². The number of anilines is 1. The second kappa shape index (κ2) is 5.04. The highest BCUT2D eigenvalue weighted by molar-refractivity contribution is 9.10. The van der Waals surface area contributed by atoms with E-state index in [9.17, 15) is 4.79 Å². The summed E-state index contributed by atoms with van der Waals surface area (Å²) in [6.07, 6.45) is 5.01. The van der Waals surface area contributed by atoms with Crippen LogP contribution in [0.25, 0.3) is 0 Å². The van der Waals surface area contributed by atoms with Crippen molar-refractivity contribution in [2.75, 3.05) is 5.73 Å². The number of carbonyl (C=O) groups excluding carboxylic acids is 1. The Labute approximate surface area is 109 Å². The van der Waals surface area contributed by atoms with Crippen molar-refractivity contribution in [1.29, 1.82) is 0 Å². The lowest BCUT2D eigenvalue weighted by Crippen LogP contribution is -2.27. The minimum absolute atomic E-state index is 0.125. The molecule has 5 heteroatoms. The molecule has 0 bridgehead atoms. The molecule has 4 nitrogen and oxygen atoms in total. The maximum Gasteiger partial charge on any atom is 0.255 e. The van der Waals surface area contributed by atoms with Crippen molar-refractivity contribution in [2.24, 2.45) is 5.92 Å². The number of nitrogens with zero attached hydrogens (tertiary/aromatic N) is 1. The fourth-order valence-corrected chi connectivity index (χ4v) is 2.32. The average molecular weight is 298 g/mol. The highest BCUT2D eigenvalue weighted by Gasteiger charge is 2.37. The number of hydrogen-bond donors (Lipinski definition) is 2. The number of nitrogen functional groups attached to an aromatic ring is 1. The quantitative estimate of drug-likeness (QED) is 0.896. The first-order chi connectivity index (χ1) is 8.11. The minimum Gasteiger partial charge on any atom is -0.383 e. The van der Waals surface area contributed by atoms with E-state index in [1.807, 2.05) is 0 Å². The van der Waals surface area contributed by atoms with E-state index < -0.39 is 0 Å². The van der Waals surface area contributed by atoms with E-state index in [4.69, 9.17) is 5.73 Å². The van der Waals surface area contributed by atoms with Crippen LogP contribution in [0, 0.1) is 5.92 Å². The van der Waals surface area contributed by atoms with Crippen LogP contribution in [-0.2, 0) is 0 Å². The Kier molecular flexibility index (Phi) is 3.66. The van der Waals surface area contributed by atoms with Crippen LogP contribution in [0.5, 0.6) is 0 Å². The molecule has 0 radical (unpaired) electrons. The number of carbonyl (C=O) groups is 1. The number of amides is 1. The summed E-state index contributed by atoms with van der Waals surface area (Å²) in [5, 5.41) is 2.99. The highest BCUT2D eigenvalue weighted by atomic mass is 79.9. The van der Waals surface area contributed by atoms with Crippen LogP contribution in [0.4, 0.5) is 5.82 Å². The van der Waals surface area contributed by atoms with Crippen LogP contribution in [0.1, 0.15) is 36.5 Å². The molecule has 0 saturated heterocycles. The molecule has 1 aliphatic carbocycles. The zero-order valence-corrected chi connectivity index (χ0v) is 11.3. The number of halogens is 1. The number of pyridine rings is 1. The molecule has 3 N–H and O–H groups in total. The molecule has 1 aromatic heterocycles. The van der Waals surface area contributed by atoms with E-state index in [0.717, 1.165) is 17.3 Å². The summed E-state index contributed by atoms with van der Waals surface area (Å²) in [7, 11) is 0. The fourth-order valence-electron chi connectivity index (χ4n) is 1.99. The van der Waals surface area contributed by atoms with Crippen LogP contribution in [0.2, 0.25) is 0 Å². The topological polar surface area (TPSA) is 68.0 Å². The van der Waals surface area contributed by atoms with E-state index in [-0.39, 0.29) is 11.7 Å². The van der Waals surface area contributed by atoms with Crippen molar-refractivity contribution >= 4 is 27.7 Å². The van der Waals surface area contributed by atoms with E-state index in [1.54, 1.807) is 12.3 Å². The van der Waals surface area contributed by atoms with Gasteiger partial charge in [0.15, 0.2) is 0 Å². The maximum absolute atomic E-state index is 12.0. The fraction of sp³-hybridized carbons (Fsp3) is 0.500. The first-order valence-corrected chi connectivity index (χ1v) is 6.63. The minimum atomic E-state index is -0.125. The lowest BCUT2D eigenvalue weighted by molar-refractivity contribution is 0.0949. The molecular weight excluding hydrogens is 282 g/mol. The molecule has 0 aromatic carbocycles. The highest BCUT2D eigenvalue weighted by Crippen LogP contribution is 2.34. The third-order valence-corrected chi connectivity index (χ3v) is 3.46. The molecular formula is C12H16BrN3O. The van der Waals surface area contributed by atoms with Gasteiger partial charge in [-0.1, -0.05) is 13.3 Å². The number of nitrogens with one attached hydrogen (secondary N) is 1. The van der Waals surface area contributed by atoms with Gasteiger partial charge in [-0.05, 0) is 40.8 Å². The molecule has 17 heavy (non-hydrogen) atoms. The molecule has 2 atom stereocenters. The Morgan fingerprint density at radius 1 is 1.71 bits per heavy atom. The predicted molar refractivity (Wildman–Crippen MR) is 70.6 cm³/mol. The largest absolute Gasteiger partial charge is 0.383 e. The van der Waals surface area contributed by atoms with Crippen molar-refractivity contribution in [3.05, 3.63) is 22.3 Å². The van der Waals surface area contributed by atoms with E-state index >= 15 is 0 Å². The predicted octanol–water partition coefficient (Wildman–Crippen LogP) is 2.34. The SMILES string of the molecule is CCCC1CC1NC(=O)c1cc(Br)cnc1N. The molecule has 2 rings (SSSR count). The normalized spacial score (nSPS) is 22.2. The van der Waals surface area contributed by atoms with E-state index in [1.165, 1.54) is 6.42 Å². The molecule has 2 unspecified atom stereocenters. The Hall–Kier alpha value is -1.10. The Balaban J connectivity index is 1.98. The van der Waals surface area contributed by atoms with Crippen molar-refractivity contribution in [1.82, 2.24) is 10.3 Å². The molecule has 1 aliphatic rings. The van der Waals surface area contributed by atoms with Gasteiger partial charge < -0.3 is 11.1 Å². The van der Waals surface area contributed by atoms with Gasteiger partial charge in [0, 0.05) is 16.7 Å². The Bertz CT molecular complexity index is 436. The zero-order chi connectivity index (χ0) is 12.4. The summed E-state index contributed by atoms with van der Waals surface area (Å²) < 4.78 is 0.762. The molecule has 92 valence electrons. The lowest BCUT2D eigenvalue weighted by atomic mass is 10.2. The summed E-state index contributed by atoms with van der Waals surface area (Å²) in [6, 6.07) is 2.02. The molecule has 0 aliphatic heterocycles. The van der Waals surface area contributed by atoms with Gasteiger partial charge in [0.1, 0.15) is 5.82 Å². The van der Waals surface area contributed by atoms with Gasteiger partial charge >= 0.3 is 0 Å². The second-order valence-electron chi connectivity index (χ2n) is 4.45. The summed E-state index contributed by atoms with van der Waals surface area (Å²) >= 11 is 3.29. The first kappa shape index (κ1) is 12.4. The van der Waals surface area contributed by atoms with Crippen LogP contribution < -0.4 is 11.1 Å². The van der Waals surface area contributed by atoms with Crippen molar-refractivity contribution in [3.63, 3.8) is 0 Å². The Morgan fingerprint density at radius 2 is 2.47 bits per heavy atom. The first-order valence-electron chi connectivity index (χ1n) is 5.83. The van der Waals surface area contributed by atoms with Crippen LogP contribution >= 0.6 is 15.9 Å². The molecule has 1 fully saturated rings. The standard InChI is InChI=1S/C12H16BrN3O/c1-2-3-7-4-10(7)16-12(17)9-5-8(13)6-15-11(9)14/h5-7,10H,2-4H2,1H3,(H2,14,15)(H,16,17). The number of hydrogen-bond acceptors (Lipinski definition) is 3.